The maximum atomic E-state index is 9.13. The highest BCUT2D eigenvalue weighted by Crippen LogP contribution is 2.21. The molecule has 0 aliphatic heterocycles. The van der Waals surface area contributed by atoms with Gasteiger partial charge in [-0.2, -0.15) is 0 Å². The van der Waals surface area contributed by atoms with E-state index >= 15 is 0 Å². The number of hydrogen-bond donors (Lipinski definition) is 3. The molecule has 4 rings (SSSR count). The van der Waals surface area contributed by atoms with Crippen LogP contribution in [0, 0.1) is 0 Å². The summed E-state index contributed by atoms with van der Waals surface area (Å²) < 4.78 is 0. The van der Waals surface area contributed by atoms with E-state index in [0.717, 1.165) is 12.1 Å². The van der Waals surface area contributed by atoms with Crippen molar-refractivity contribution in [3.8, 4) is 0 Å². The third-order valence-electron chi connectivity index (χ3n) is 4.52. The zero-order valence-corrected chi connectivity index (χ0v) is 13.2. The molecule has 2 aliphatic carbocycles. The van der Waals surface area contributed by atoms with Crippen LogP contribution in [0.4, 0.5) is 0 Å². The van der Waals surface area contributed by atoms with Gasteiger partial charge in [0.1, 0.15) is 0 Å². The van der Waals surface area contributed by atoms with Crippen molar-refractivity contribution in [2.45, 2.75) is 12.6 Å². The number of nitrogens with one attached hydrogen (secondary N) is 1. The van der Waals surface area contributed by atoms with Gasteiger partial charge in [-0.15, -0.1) is 0 Å². The minimum Gasteiger partial charge on any atom is -0.423 e. The first-order valence-corrected chi connectivity index (χ1v) is 8.10. The first kappa shape index (κ1) is 15.2. The lowest BCUT2D eigenvalue weighted by Crippen LogP contribution is -2.30. The Hall–Kier alpha value is -2.40. The third-order valence-corrected chi connectivity index (χ3v) is 4.52. The predicted molar refractivity (Wildman–Crippen MR) is 97.7 cm³/mol. The molecule has 1 unspecified atom stereocenters. The molecule has 24 heavy (non-hydrogen) atoms. The van der Waals surface area contributed by atoms with Crippen LogP contribution in [0.1, 0.15) is 5.56 Å². The number of hydrogen-bond acceptors (Lipinski definition) is 3. The van der Waals surface area contributed by atoms with E-state index < -0.39 is 7.12 Å². The lowest BCUT2D eigenvalue weighted by molar-refractivity contribution is 0.426. The molecule has 0 bridgehead atoms. The number of rotatable bonds is 4. The summed E-state index contributed by atoms with van der Waals surface area (Å²) in [6.45, 7) is 0.725. The van der Waals surface area contributed by atoms with Gasteiger partial charge in [-0.3, -0.25) is 0 Å². The molecule has 1 atom stereocenters. The van der Waals surface area contributed by atoms with Crippen molar-refractivity contribution in [2.75, 3.05) is 0 Å². The Morgan fingerprint density at radius 1 is 1.00 bits per heavy atom. The summed E-state index contributed by atoms with van der Waals surface area (Å²) in [5, 5.41) is 24.3. The van der Waals surface area contributed by atoms with Gasteiger partial charge in [-0.05, 0) is 38.7 Å². The van der Waals surface area contributed by atoms with Crippen molar-refractivity contribution in [1.29, 1.82) is 0 Å². The number of benzene rings is 2. The van der Waals surface area contributed by atoms with E-state index in [9.17, 15) is 0 Å². The van der Waals surface area contributed by atoms with Crippen LogP contribution >= 0.6 is 0 Å². The Balaban J connectivity index is 1.47. The molecule has 2 aromatic carbocycles. The zero-order valence-electron chi connectivity index (χ0n) is 13.2. The molecule has 3 nitrogen and oxygen atoms in total. The third kappa shape index (κ3) is 2.87. The summed E-state index contributed by atoms with van der Waals surface area (Å²) in [5.74, 6) is 0. The molecule has 0 radical (unpaired) electrons. The Morgan fingerprint density at radius 2 is 1.79 bits per heavy atom. The molecule has 0 aromatic heterocycles. The Morgan fingerprint density at radius 3 is 2.58 bits per heavy atom. The maximum absolute atomic E-state index is 9.13. The molecule has 3 N–H and O–H groups in total. The van der Waals surface area contributed by atoms with Crippen LogP contribution in [0.3, 0.4) is 0 Å². The summed E-state index contributed by atoms with van der Waals surface area (Å²) in [5.41, 5.74) is 4.19. The van der Waals surface area contributed by atoms with Gasteiger partial charge >= 0.3 is 7.12 Å². The highest BCUT2D eigenvalue weighted by molar-refractivity contribution is 6.58. The zero-order chi connectivity index (χ0) is 16.5. The SMILES string of the molecule is OB(O)c1ccc(CNC2C=CC3=c4ccccc4=CC3=C2)cc1. The van der Waals surface area contributed by atoms with Crippen LogP contribution in [0.2, 0.25) is 0 Å². The monoisotopic (exact) mass is 315 g/mol. The second kappa shape index (κ2) is 6.25. The topological polar surface area (TPSA) is 52.5 Å². The molecule has 2 aliphatic rings. The Kier molecular flexibility index (Phi) is 3.94. The average molecular weight is 315 g/mol. The fourth-order valence-electron chi connectivity index (χ4n) is 3.21. The van der Waals surface area contributed by atoms with E-state index in [4.69, 9.17) is 10.0 Å². The molecule has 4 heteroatoms. The van der Waals surface area contributed by atoms with Crippen LogP contribution < -0.4 is 21.2 Å². The molecule has 2 aromatic rings. The molecule has 0 fully saturated rings. The van der Waals surface area contributed by atoms with Crippen LogP contribution in [0.5, 0.6) is 0 Å². The van der Waals surface area contributed by atoms with Gasteiger partial charge in [-0.1, -0.05) is 66.8 Å². The van der Waals surface area contributed by atoms with Gasteiger partial charge < -0.3 is 15.4 Å². The molecular weight excluding hydrogens is 297 g/mol. The first-order valence-electron chi connectivity index (χ1n) is 8.10. The standard InChI is InChI=1S/C20H18BNO2/c23-21(24)17-7-5-14(6-8-17)13-22-18-9-10-20-16(12-18)11-15-3-1-2-4-19(15)20/h1-12,18,22-24H,13H2. The molecule has 0 spiro atoms. The normalized spacial score (nSPS) is 17.8. The quantitative estimate of drug-likeness (QED) is 0.695. The summed E-state index contributed by atoms with van der Waals surface area (Å²) >= 11 is 0. The second-order valence-electron chi connectivity index (χ2n) is 6.15. The van der Waals surface area contributed by atoms with Crippen LogP contribution in [-0.2, 0) is 6.54 Å². The van der Waals surface area contributed by atoms with Crippen molar-refractivity contribution in [2.24, 2.45) is 0 Å². The maximum Gasteiger partial charge on any atom is 0.488 e. The van der Waals surface area contributed by atoms with Crippen LogP contribution in [0.25, 0.3) is 11.6 Å². The van der Waals surface area contributed by atoms with E-state index in [-0.39, 0.29) is 6.04 Å². The van der Waals surface area contributed by atoms with Crippen molar-refractivity contribution >= 4 is 24.2 Å². The molecule has 118 valence electrons. The lowest BCUT2D eigenvalue weighted by atomic mass is 9.80. The number of allylic oxidation sites excluding steroid dienone is 2. The molecule has 0 heterocycles. The average Bonchev–Trinajstić information content (AvgIpc) is 2.98. The summed E-state index contributed by atoms with van der Waals surface area (Å²) in [6.07, 6.45) is 8.86. The molecular formula is C20H18BNO2. The van der Waals surface area contributed by atoms with E-state index in [1.165, 1.54) is 21.6 Å². The van der Waals surface area contributed by atoms with Gasteiger partial charge in [-0.25, -0.2) is 0 Å². The Labute approximate surface area is 141 Å². The fourth-order valence-corrected chi connectivity index (χ4v) is 3.21. The molecule has 0 amide bonds. The van der Waals surface area contributed by atoms with Crippen molar-refractivity contribution < 1.29 is 10.0 Å². The van der Waals surface area contributed by atoms with E-state index in [1.807, 2.05) is 12.1 Å². The minimum atomic E-state index is -1.41. The summed E-state index contributed by atoms with van der Waals surface area (Å²) in [6, 6.07) is 16.0. The van der Waals surface area contributed by atoms with Gasteiger partial charge in [0.15, 0.2) is 0 Å². The largest absolute Gasteiger partial charge is 0.488 e. The van der Waals surface area contributed by atoms with Gasteiger partial charge in [0.05, 0.1) is 0 Å². The molecule has 0 saturated carbocycles. The van der Waals surface area contributed by atoms with Gasteiger partial charge in [0, 0.05) is 12.6 Å². The van der Waals surface area contributed by atoms with Crippen LogP contribution in [-0.4, -0.2) is 23.2 Å². The minimum absolute atomic E-state index is 0.192. The van der Waals surface area contributed by atoms with E-state index in [1.54, 1.807) is 12.1 Å². The smallest absolute Gasteiger partial charge is 0.423 e. The summed E-state index contributed by atoms with van der Waals surface area (Å²) in [7, 11) is -1.41. The van der Waals surface area contributed by atoms with Gasteiger partial charge in [0.2, 0.25) is 0 Å². The van der Waals surface area contributed by atoms with E-state index in [0.29, 0.717) is 5.46 Å². The van der Waals surface area contributed by atoms with Crippen molar-refractivity contribution in [1.82, 2.24) is 5.32 Å². The van der Waals surface area contributed by atoms with E-state index in [2.05, 4.69) is 53.9 Å². The lowest BCUT2D eigenvalue weighted by Gasteiger charge is -2.17. The molecule has 0 saturated heterocycles. The number of fused-ring (bicyclic) bond motifs is 2. The van der Waals surface area contributed by atoms with Crippen molar-refractivity contribution in [3.63, 3.8) is 0 Å². The highest BCUT2D eigenvalue weighted by Gasteiger charge is 2.15. The highest BCUT2D eigenvalue weighted by atomic mass is 16.4. The summed E-state index contributed by atoms with van der Waals surface area (Å²) in [4.78, 5) is 0. The van der Waals surface area contributed by atoms with Gasteiger partial charge in [0.25, 0.3) is 0 Å². The Bertz CT molecular complexity index is 942. The first-order chi connectivity index (χ1) is 11.7. The predicted octanol–water partition coefficient (Wildman–Crippen LogP) is -0.0342. The van der Waals surface area contributed by atoms with Crippen molar-refractivity contribution in [3.05, 3.63) is 88.3 Å². The second-order valence-corrected chi connectivity index (χ2v) is 6.15. The fraction of sp³-hybridized carbons (Fsp3) is 0.100. The van der Waals surface area contributed by atoms with Crippen LogP contribution in [0.15, 0.2) is 72.3 Å².